The molecule has 0 radical (unpaired) electrons. The third kappa shape index (κ3) is 6.36. The number of nitrogens with one attached hydrogen (secondary N) is 1. The maximum Gasteiger partial charge on any atom is 0.358 e. The Balaban J connectivity index is 1.20. The number of nitrogens with zero attached hydrogens (tertiary/aromatic N) is 4. The van der Waals surface area contributed by atoms with Crippen molar-refractivity contribution in [3.05, 3.63) is 120 Å². The van der Waals surface area contributed by atoms with Gasteiger partial charge < -0.3 is 9.64 Å². The van der Waals surface area contributed by atoms with E-state index in [2.05, 4.69) is 10.3 Å². The van der Waals surface area contributed by atoms with Crippen molar-refractivity contribution in [1.82, 2.24) is 13.9 Å². The van der Waals surface area contributed by atoms with Crippen LogP contribution in [0.1, 0.15) is 66.1 Å². The van der Waals surface area contributed by atoms with Gasteiger partial charge in [0.15, 0.2) is 10.8 Å². The monoisotopic (exact) mass is 707 g/mol. The Morgan fingerprint density at radius 2 is 1.82 bits per heavy atom. The zero-order valence-corrected chi connectivity index (χ0v) is 29.8. The highest BCUT2D eigenvalue weighted by Gasteiger charge is 2.38. The number of carbonyl (C=O) groups is 2. The number of rotatable bonds is 7. The predicted molar refractivity (Wildman–Crippen MR) is 197 cm³/mol. The van der Waals surface area contributed by atoms with E-state index in [1.165, 1.54) is 27.7 Å². The van der Waals surface area contributed by atoms with E-state index in [1.807, 2.05) is 65.6 Å². The van der Waals surface area contributed by atoms with E-state index in [4.69, 9.17) is 9.72 Å². The number of aromatic nitrogens is 3. The van der Waals surface area contributed by atoms with Gasteiger partial charge in [0.25, 0.3) is 5.91 Å². The topological polar surface area (TPSA) is 123 Å². The first-order valence-electron chi connectivity index (χ1n) is 16.4. The van der Waals surface area contributed by atoms with Crippen LogP contribution < -0.4 is 10.2 Å². The van der Waals surface area contributed by atoms with Gasteiger partial charge in [-0.3, -0.25) is 14.1 Å². The number of amides is 1. The van der Waals surface area contributed by atoms with Crippen molar-refractivity contribution in [2.24, 2.45) is 0 Å². The minimum absolute atomic E-state index is 0.0759. The van der Waals surface area contributed by atoms with Crippen LogP contribution in [0.15, 0.2) is 97.4 Å². The summed E-state index contributed by atoms with van der Waals surface area (Å²) in [5, 5.41) is 3.51. The van der Waals surface area contributed by atoms with Gasteiger partial charge in [0.1, 0.15) is 16.2 Å². The molecule has 0 bridgehead atoms. The van der Waals surface area contributed by atoms with Gasteiger partial charge in [-0.05, 0) is 88.1 Å². The number of carbonyl (C=O) groups excluding carboxylic acids is 2. The average Bonchev–Trinajstić information content (AvgIpc) is 3.75. The van der Waals surface area contributed by atoms with Gasteiger partial charge in [-0.15, -0.1) is 0 Å². The summed E-state index contributed by atoms with van der Waals surface area (Å²) in [4.78, 5) is 38.7. The SMILES string of the molecule is CC(C)(C)OC(=O)c1nc(N2CCc3cccc(C(=O)Nc4nc5ccccc5s4)c3C2)ccc1-c1ccn(S(=O)(=O)C2(C)C=CC=CC2)c1. The fraction of sp³-hybridized carbons (Fsp3) is 0.263. The summed E-state index contributed by atoms with van der Waals surface area (Å²) in [6.45, 7) is 8.06. The van der Waals surface area contributed by atoms with Crippen molar-refractivity contribution in [2.45, 2.75) is 57.4 Å². The number of fused-ring (bicyclic) bond motifs is 2. The molecule has 1 aliphatic heterocycles. The fourth-order valence-electron chi connectivity index (χ4n) is 6.24. The van der Waals surface area contributed by atoms with Crippen LogP contribution in [0, 0.1) is 0 Å². The largest absolute Gasteiger partial charge is 0.455 e. The number of thiazole rings is 1. The van der Waals surface area contributed by atoms with E-state index < -0.39 is 26.3 Å². The van der Waals surface area contributed by atoms with Crippen molar-refractivity contribution in [2.75, 3.05) is 16.8 Å². The zero-order chi connectivity index (χ0) is 35.3. The Bertz CT molecular complexity index is 2280. The second-order valence-electron chi connectivity index (χ2n) is 13.7. The second kappa shape index (κ2) is 12.7. The number of pyridine rings is 1. The minimum Gasteiger partial charge on any atom is -0.455 e. The number of hydrogen-bond acceptors (Lipinski definition) is 9. The Labute approximate surface area is 295 Å². The van der Waals surface area contributed by atoms with E-state index in [9.17, 15) is 18.0 Å². The summed E-state index contributed by atoms with van der Waals surface area (Å²) in [5.41, 5.74) is 3.59. The predicted octanol–water partition coefficient (Wildman–Crippen LogP) is 7.38. The van der Waals surface area contributed by atoms with E-state index >= 15 is 0 Å². The summed E-state index contributed by atoms with van der Waals surface area (Å²) < 4.78 is 34.2. The Morgan fingerprint density at radius 3 is 2.58 bits per heavy atom. The Kier molecular flexibility index (Phi) is 8.47. The highest BCUT2D eigenvalue weighted by Crippen LogP contribution is 2.34. The molecular formula is C38H37N5O5S2. The fourth-order valence-corrected chi connectivity index (χ4v) is 8.62. The van der Waals surface area contributed by atoms with Crippen LogP contribution in [0.25, 0.3) is 21.3 Å². The van der Waals surface area contributed by atoms with Crippen molar-refractivity contribution >= 4 is 54.4 Å². The number of ether oxygens (including phenoxy) is 1. The van der Waals surface area contributed by atoms with Crippen LogP contribution in [-0.2, 0) is 27.7 Å². The molecule has 1 aliphatic carbocycles. The standard InChI is InChI=1S/C38H37N5O5S2/c1-37(2,3)48-35(45)33-27(26-18-22-43(23-26)50(46,47)38(4)19-8-5-9-20-38)15-16-32(40-33)42-21-17-25-11-10-12-28(29(25)24-42)34(44)41-36-39-30-13-6-7-14-31(30)49-36/h5-16,18-19,22-23H,17,20-21,24H2,1-4H3,(H,39,41,44). The normalized spacial score (nSPS) is 17.5. The molecule has 1 amide bonds. The molecule has 1 atom stereocenters. The van der Waals surface area contributed by atoms with E-state index in [0.717, 1.165) is 21.3 Å². The molecule has 2 aliphatic rings. The molecule has 0 fully saturated rings. The molecular weight excluding hydrogens is 671 g/mol. The van der Waals surface area contributed by atoms with Gasteiger partial charge in [-0.1, -0.05) is 59.9 Å². The molecule has 2 aromatic carbocycles. The van der Waals surface area contributed by atoms with E-state index in [1.54, 1.807) is 52.0 Å². The van der Waals surface area contributed by atoms with Crippen molar-refractivity contribution < 1.29 is 22.7 Å². The van der Waals surface area contributed by atoms with Crippen LogP contribution in [0.4, 0.5) is 10.9 Å². The van der Waals surface area contributed by atoms with Crippen molar-refractivity contribution in [3.8, 4) is 11.1 Å². The van der Waals surface area contributed by atoms with Gasteiger partial charge in [-0.25, -0.2) is 23.2 Å². The lowest BCUT2D eigenvalue weighted by atomic mass is 9.94. The van der Waals surface area contributed by atoms with E-state index in [-0.39, 0.29) is 11.6 Å². The highest BCUT2D eigenvalue weighted by molar-refractivity contribution is 7.91. The summed E-state index contributed by atoms with van der Waals surface area (Å²) in [6, 6.07) is 18.7. The van der Waals surface area contributed by atoms with Gasteiger partial charge in [0, 0.05) is 42.2 Å². The molecule has 5 aromatic rings. The first-order valence-corrected chi connectivity index (χ1v) is 18.6. The molecule has 12 heteroatoms. The van der Waals surface area contributed by atoms with Crippen LogP contribution in [0.3, 0.4) is 0 Å². The summed E-state index contributed by atoms with van der Waals surface area (Å²) >= 11 is 1.42. The lowest BCUT2D eigenvalue weighted by Gasteiger charge is -2.31. The smallest absolute Gasteiger partial charge is 0.358 e. The lowest BCUT2D eigenvalue weighted by molar-refractivity contribution is 0.00638. The lowest BCUT2D eigenvalue weighted by Crippen LogP contribution is -2.37. The summed E-state index contributed by atoms with van der Waals surface area (Å²) in [7, 11) is -3.80. The Hall–Kier alpha value is -5.07. The highest BCUT2D eigenvalue weighted by atomic mass is 32.2. The van der Waals surface area contributed by atoms with Crippen LogP contribution in [0.5, 0.6) is 0 Å². The average molecular weight is 708 g/mol. The second-order valence-corrected chi connectivity index (χ2v) is 17.0. The van der Waals surface area contributed by atoms with E-state index in [0.29, 0.717) is 53.6 Å². The third-order valence-corrected chi connectivity index (χ3v) is 12.1. The Morgan fingerprint density at radius 1 is 1.00 bits per heavy atom. The summed E-state index contributed by atoms with van der Waals surface area (Å²) in [6.07, 6.45) is 11.1. The van der Waals surface area contributed by atoms with Gasteiger partial charge >= 0.3 is 5.97 Å². The molecule has 0 saturated carbocycles. The minimum atomic E-state index is -3.80. The molecule has 10 nitrogen and oxygen atoms in total. The van der Waals surface area contributed by atoms with Crippen LogP contribution >= 0.6 is 11.3 Å². The first-order chi connectivity index (χ1) is 23.8. The molecule has 0 spiro atoms. The molecule has 7 rings (SSSR count). The number of anilines is 2. The molecule has 1 N–H and O–H groups in total. The molecule has 1 unspecified atom stereocenters. The van der Waals surface area contributed by atoms with Gasteiger partial charge in [0.2, 0.25) is 10.0 Å². The third-order valence-electron chi connectivity index (χ3n) is 8.89. The number of para-hydroxylation sites is 1. The van der Waals surface area contributed by atoms with Gasteiger partial charge in [0.05, 0.1) is 10.2 Å². The van der Waals surface area contributed by atoms with Crippen LogP contribution in [-0.4, -0.2) is 51.1 Å². The molecule has 0 saturated heterocycles. The van der Waals surface area contributed by atoms with Crippen LogP contribution in [0.2, 0.25) is 0 Å². The summed E-state index contributed by atoms with van der Waals surface area (Å²) in [5.74, 6) is -0.320. The number of benzene rings is 2. The molecule has 3 aromatic heterocycles. The number of esters is 1. The molecule has 50 heavy (non-hydrogen) atoms. The van der Waals surface area contributed by atoms with Crippen molar-refractivity contribution in [3.63, 3.8) is 0 Å². The zero-order valence-electron chi connectivity index (χ0n) is 28.2. The first kappa shape index (κ1) is 33.4. The quantitative estimate of drug-likeness (QED) is 0.174. The molecule has 256 valence electrons. The maximum atomic E-state index is 13.7. The number of allylic oxidation sites excluding steroid dienone is 3. The maximum absolute atomic E-state index is 13.7. The van der Waals surface area contributed by atoms with Gasteiger partial charge in [-0.2, -0.15) is 0 Å². The number of hydrogen-bond donors (Lipinski definition) is 1. The van der Waals surface area contributed by atoms with Crippen molar-refractivity contribution in [1.29, 1.82) is 0 Å². The molecule has 4 heterocycles.